The van der Waals surface area contributed by atoms with Crippen molar-refractivity contribution in [3.8, 4) is 0 Å². The zero-order chi connectivity index (χ0) is 15.3. The van der Waals surface area contributed by atoms with E-state index in [-0.39, 0.29) is 11.2 Å². The van der Waals surface area contributed by atoms with Crippen LogP contribution in [0.1, 0.15) is 51.5 Å². The molecule has 2 heteroatoms. The fourth-order valence-corrected chi connectivity index (χ4v) is 3.82. The van der Waals surface area contributed by atoms with Crippen LogP contribution in [0, 0.1) is 17.2 Å². The van der Waals surface area contributed by atoms with Crippen molar-refractivity contribution in [2.75, 3.05) is 20.1 Å². The topological polar surface area (TPSA) is 3.24 Å². The predicted octanol–water partition coefficient (Wildman–Crippen LogP) is 4.91. The van der Waals surface area contributed by atoms with Crippen LogP contribution in [0.2, 0.25) is 0 Å². The average molecular weight is 291 g/mol. The molecule has 0 unspecified atom stereocenters. The molecular formula is C19H30FN. The van der Waals surface area contributed by atoms with Crippen LogP contribution >= 0.6 is 0 Å². The summed E-state index contributed by atoms with van der Waals surface area (Å²) in [4.78, 5) is 2.50. The summed E-state index contributed by atoms with van der Waals surface area (Å²) in [5.74, 6) is 0.747. The van der Waals surface area contributed by atoms with E-state index in [0.29, 0.717) is 0 Å². The molecule has 118 valence electrons. The lowest BCUT2D eigenvalue weighted by atomic mass is 9.84. The van der Waals surface area contributed by atoms with Gasteiger partial charge in [-0.05, 0) is 55.3 Å². The second-order valence-corrected chi connectivity index (χ2v) is 7.67. The SMILES string of the molecule is CN(CC1CCCCC1)CC(C)(C)Cc1ccc(F)cc1. The first-order chi connectivity index (χ1) is 9.94. The lowest BCUT2D eigenvalue weighted by molar-refractivity contribution is 0.169. The number of halogens is 1. The van der Waals surface area contributed by atoms with E-state index in [1.807, 2.05) is 12.1 Å². The third-order valence-electron chi connectivity index (χ3n) is 4.59. The molecular weight excluding hydrogens is 261 g/mol. The van der Waals surface area contributed by atoms with Crippen LogP contribution in [-0.4, -0.2) is 25.0 Å². The first-order valence-electron chi connectivity index (χ1n) is 8.38. The summed E-state index contributed by atoms with van der Waals surface area (Å²) in [6, 6.07) is 6.96. The van der Waals surface area contributed by atoms with E-state index in [1.54, 1.807) is 12.1 Å². The maximum atomic E-state index is 13.0. The molecule has 1 aliphatic carbocycles. The Labute approximate surface area is 129 Å². The minimum absolute atomic E-state index is 0.147. The Morgan fingerprint density at radius 2 is 1.71 bits per heavy atom. The molecule has 0 N–H and O–H groups in total. The number of rotatable bonds is 6. The van der Waals surface area contributed by atoms with E-state index >= 15 is 0 Å². The summed E-state index contributed by atoms with van der Waals surface area (Å²) in [6.45, 7) is 6.95. The highest BCUT2D eigenvalue weighted by Gasteiger charge is 2.23. The van der Waals surface area contributed by atoms with Gasteiger partial charge in [0.05, 0.1) is 0 Å². The van der Waals surface area contributed by atoms with E-state index in [0.717, 1.165) is 18.9 Å². The Kier molecular flexibility index (Phi) is 5.80. The zero-order valence-corrected chi connectivity index (χ0v) is 13.9. The van der Waals surface area contributed by atoms with Crippen molar-refractivity contribution in [1.82, 2.24) is 4.90 Å². The first kappa shape index (κ1) is 16.5. The second kappa shape index (κ2) is 7.40. The molecule has 1 nitrogen and oxygen atoms in total. The summed E-state index contributed by atoms with van der Waals surface area (Å²) >= 11 is 0. The maximum Gasteiger partial charge on any atom is 0.123 e. The highest BCUT2D eigenvalue weighted by Crippen LogP contribution is 2.27. The van der Waals surface area contributed by atoms with E-state index in [9.17, 15) is 4.39 Å². The molecule has 1 aliphatic rings. The molecule has 0 saturated heterocycles. The third kappa shape index (κ3) is 5.78. The van der Waals surface area contributed by atoms with Crippen molar-refractivity contribution in [3.63, 3.8) is 0 Å². The van der Waals surface area contributed by atoms with Crippen LogP contribution in [0.3, 0.4) is 0 Å². The van der Waals surface area contributed by atoms with Crippen LogP contribution in [0.15, 0.2) is 24.3 Å². The molecule has 0 aliphatic heterocycles. The Bertz CT molecular complexity index is 418. The Balaban J connectivity index is 1.82. The van der Waals surface area contributed by atoms with Crippen molar-refractivity contribution < 1.29 is 4.39 Å². The normalized spacial score (nSPS) is 17.4. The van der Waals surface area contributed by atoms with Gasteiger partial charge in [0.25, 0.3) is 0 Å². The molecule has 1 fully saturated rings. The summed E-state index contributed by atoms with van der Waals surface area (Å²) in [6.07, 6.45) is 8.07. The van der Waals surface area contributed by atoms with Crippen molar-refractivity contribution in [2.24, 2.45) is 11.3 Å². The van der Waals surface area contributed by atoms with Gasteiger partial charge in [-0.25, -0.2) is 4.39 Å². The van der Waals surface area contributed by atoms with Crippen LogP contribution in [0.25, 0.3) is 0 Å². The van der Waals surface area contributed by atoms with Gasteiger partial charge in [0, 0.05) is 13.1 Å². The highest BCUT2D eigenvalue weighted by molar-refractivity contribution is 5.17. The van der Waals surface area contributed by atoms with E-state index in [1.165, 1.54) is 44.2 Å². The maximum absolute atomic E-state index is 13.0. The van der Waals surface area contributed by atoms with Crippen LogP contribution in [0.5, 0.6) is 0 Å². The van der Waals surface area contributed by atoms with Crippen molar-refractivity contribution in [2.45, 2.75) is 52.4 Å². The van der Waals surface area contributed by atoms with Crippen LogP contribution in [0.4, 0.5) is 4.39 Å². The summed E-state index contributed by atoms with van der Waals surface area (Å²) in [5.41, 5.74) is 1.45. The van der Waals surface area contributed by atoms with E-state index in [4.69, 9.17) is 0 Å². The fraction of sp³-hybridized carbons (Fsp3) is 0.684. The summed E-state index contributed by atoms with van der Waals surface area (Å²) < 4.78 is 13.0. The minimum atomic E-state index is -0.147. The summed E-state index contributed by atoms with van der Waals surface area (Å²) in [7, 11) is 2.25. The largest absolute Gasteiger partial charge is 0.306 e. The number of hydrogen-bond acceptors (Lipinski definition) is 1. The summed E-state index contributed by atoms with van der Waals surface area (Å²) in [5, 5.41) is 0. The van der Waals surface area contributed by atoms with Gasteiger partial charge in [0.2, 0.25) is 0 Å². The highest BCUT2D eigenvalue weighted by atomic mass is 19.1. The molecule has 0 spiro atoms. The zero-order valence-electron chi connectivity index (χ0n) is 13.9. The Hall–Kier alpha value is -0.890. The molecule has 1 saturated carbocycles. The minimum Gasteiger partial charge on any atom is -0.306 e. The van der Waals surface area contributed by atoms with Crippen LogP contribution < -0.4 is 0 Å². The molecule has 0 aromatic heterocycles. The molecule has 0 atom stereocenters. The standard InChI is InChI=1S/C19H30FN/c1-19(2,13-16-9-11-18(20)12-10-16)15-21(3)14-17-7-5-4-6-8-17/h9-12,17H,4-8,13-15H2,1-3H3. The van der Waals surface area contributed by atoms with Crippen molar-refractivity contribution >= 4 is 0 Å². The van der Waals surface area contributed by atoms with Gasteiger partial charge < -0.3 is 4.90 Å². The van der Waals surface area contributed by atoms with Gasteiger partial charge in [-0.2, -0.15) is 0 Å². The average Bonchev–Trinajstić information content (AvgIpc) is 2.41. The lowest BCUT2D eigenvalue weighted by Crippen LogP contribution is -2.36. The molecule has 0 radical (unpaired) electrons. The third-order valence-corrected chi connectivity index (χ3v) is 4.59. The number of benzene rings is 1. The monoisotopic (exact) mass is 291 g/mol. The van der Waals surface area contributed by atoms with Gasteiger partial charge >= 0.3 is 0 Å². The van der Waals surface area contributed by atoms with Gasteiger partial charge in [-0.3, -0.25) is 0 Å². The molecule has 0 amide bonds. The van der Waals surface area contributed by atoms with E-state index < -0.39 is 0 Å². The smallest absolute Gasteiger partial charge is 0.123 e. The molecule has 1 aromatic carbocycles. The Morgan fingerprint density at radius 1 is 1.10 bits per heavy atom. The van der Waals surface area contributed by atoms with Gasteiger partial charge in [0.1, 0.15) is 5.82 Å². The quantitative estimate of drug-likeness (QED) is 0.720. The number of nitrogens with zero attached hydrogens (tertiary/aromatic N) is 1. The fourth-order valence-electron chi connectivity index (χ4n) is 3.82. The van der Waals surface area contributed by atoms with Crippen molar-refractivity contribution in [1.29, 1.82) is 0 Å². The second-order valence-electron chi connectivity index (χ2n) is 7.67. The van der Waals surface area contributed by atoms with Gasteiger partial charge in [0.15, 0.2) is 0 Å². The molecule has 21 heavy (non-hydrogen) atoms. The first-order valence-corrected chi connectivity index (χ1v) is 8.38. The number of hydrogen-bond donors (Lipinski definition) is 0. The molecule has 2 rings (SSSR count). The molecule has 1 aromatic rings. The van der Waals surface area contributed by atoms with Crippen molar-refractivity contribution in [3.05, 3.63) is 35.6 Å². The van der Waals surface area contributed by atoms with Gasteiger partial charge in [-0.15, -0.1) is 0 Å². The van der Waals surface area contributed by atoms with E-state index in [2.05, 4.69) is 25.8 Å². The predicted molar refractivity (Wildman–Crippen MR) is 88.0 cm³/mol. The van der Waals surface area contributed by atoms with Gasteiger partial charge in [-0.1, -0.05) is 45.2 Å². The molecule has 0 bridgehead atoms. The van der Waals surface area contributed by atoms with Crippen LogP contribution in [-0.2, 0) is 6.42 Å². The molecule has 0 heterocycles. The Morgan fingerprint density at radius 3 is 2.33 bits per heavy atom. The lowest BCUT2D eigenvalue weighted by Gasteiger charge is -2.33.